The van der Waals surface area contributed by atoms with Crippen molar-refractivity contribution in [2.24, 2.45) is 5.92 Å². The minimum atomic E-state index is -0.438. The molecule has 2 fully saturated rings. The highest BCUT2D eigenvalue weighted by atomic mass is 16.7. The van der Waals surface area contributed by atoms with E-state index in [0.717, 1.165) is 31.4 Å². The predicted molar refractivity (Wildman–Crippen MR) is 81.9 cm³/mol. The average molecular weight is 321 g/mol. The summed E-state index contributed by atoms with van der Waals surface area (Å²) in [4.78, 5) is 16.2. The number of ether oxygens (including phenoxy) is 4. The Balaban J connectivity index is 1.40. The number of hydrogen-bond donors (Lipinski definition) is 0. The molecule has 1 aliphatic carbocycles. The van der Waals surface area contributed by atoms with Crippen LogP contribution in [-0.2, 0) is 19.0 Å². The number of pyridine rings is 1. The third kappa shape index (κ3) is 4.20. The van der Waals surface area contributed by atoms with E-state index in [1.54, 1.807) is 24.5 Å². The zero-order valence-corrected chi connectivity index (χ0v) is 13.4. The lowest BCUT2D eigenvalue weighted by Crippen LogP contribution is -2.38. The molecule has 1 aromatic heterocycles. The molecule has 1 saturated heterocycles. The standard InChI is InChI=1S/C17H23NO5/c1-13(12-20-15-4-8-18-9-5-15)23-16(19)14-2-6-17(7-3-14)21-10-11-22-17/h4-5,8-9,13-14H,2-3,6-7,10-12H2,1H3. The maximum Gasteiger partial charge on any atom is 0.309 e. The fourth-order valence-corrected chi connectivity index (χ4v) is 3.06. The minimum absolute atomic E-state index is 0.0724. The van der Waals surface area contributed by atoms with Crippen molar-refractivity contribution in [1.29, 1.82) is 0 Å². The third-order valence-corrected chi connectivity index (χ3v) is 4.35. The van der Waals surface area contributed by atoms with Crippen molar-refractivity contribution in [1.82, 2.24) is 4.98 Å². The van der Waals surface area contributed by atoms with Gasteiger partial charge in [0.15, 0.2) is 5.79 Å². The van der Waals surface area contributed by atoms with Crippen LogP contribution in [0.4, 0.5) is 0 Å². The molecule has 0 bridgehead atoms. The molecular formula is C17H23NO5. The van der Waals surface area contributed by atoms with Crippen LogP contribution in [-0.4, -0.2) is 42.7 Å². The zero-order chi connectivity index (χ0) is 16.1. The van der Waals surface area contributed by atoms with Crippen LogP contribution in [0.2, 0.25) is 0 Å². The first-order chi connectivity index (χ1) is 11.2. The number of esters is 1. The second kappa shape index (κ2) is 7.27. The molecule has 0 amide bonds. The van der Waals surface area contributed by atoms with E-state index in [4.69, 9.17) is 18.9 Å². The topological polar surface area (TPSA) is 66.9 Å². The second-order valence-electron chi connectivity index (χ2n) is 6.12. The number of rotatable bonds is 5. The molecule has 1 spiro atoms. The van der Waals surface area contributed by atoms with Crippen LogP contribution in [0, 0.1) is 5.92 Å². The van der Waals surface area contributed by atoms with Crippen LogP contribution in [0.5, 0.6) is 5.75 Å². The zero-order valence-electron chi connectivity index (χ0n) is 13.4. The van der Waals surface area contributed by atoms with Crippen molar-refractivity contribution in [3.8, 4) is 5.75 Å². The second-order valence-corrected chi connectivity index (χ2v) is 6.12. The Morgan fingerprint density at radius 2 is 1.96 bits per heavy atom. The van der Waals surface area contributed by atoms with Gasteiger partial charge in [-0.25, -0.2) is 0 Å². The molecule has 1 aromatic rings. The van der Waals surface area contributed by atoms with E-state index in [-0.39, 0.29) is 18.0 Å². The molecule has 2 aliphatic rings. The molecule has 6 nitrogen and oxygen atoms in total. The Labute approximate surface area is 136 Å². The van der Waals surface area contributed by atoms with Gasteiger partial charge < -0.3 is 18.9 Å². The Hall–Kier alpha value is -1.66. The molecule has 0 N–H and O–H groups in total. The monoisotopic (exact) mass is 321 g/mol. The molecular weight excluding hydrogens is 298 g/mol. The normalized spacial score (nSPS) is 22.0. The molecule has 1 unspecified atom stereocenters. The van der Waals surface area contributed by atoms with Gasteiger partial charge in [0, 0.05) is 25.2 Å². The summed E-state index contributed by atoms with van der Waals surface area (Å²) in [5, 5.41) is 0. The number of aromatic nitrogens is 1. The van der Waals surface area contributed by atoms with Crippen molar-refractivity contribution in [2.75, 3.05) is 19.8 Å². The maximum absolute atomic E-state index is 12.3. The molecule has 1 saturated carbocycles. The van der Waals surface area contributed by atoms with Gasteiger partial charge in [0.1, 0.15) is 18.5 Å². The molecule has 0 radical (unpaired) electrons. The van der Waals surface area contributed by atoms with E-state index < -0.39 is 5.79 Å². The summed E-state index contributed by atoms with van der Waals surface area (Å²) < 4.78 is 22.4. The SMILES string of the molecule is CC(COc1ccncc1)OC(=O)C1CCC2(CC1)OCCO2. The van der Waals surface area contributed by atoms with Gasteiger partial charge in [0.05, 0.1) is 19.1 Å². The van der Waals surface area contributed by atoms with E-state index in [2.05, 4.69) is 4.98 Å². The van der Waals surface area contributed by atoms with Crippen molar-refractivity contribution >= 4 is 5.97 Å². The molecule has 1 atom stereocenters. The van der Waals surface area contributed by atoms with Crippen molar-refractivity contribution in [2.45, 2.75) is 44.5 Å². The summed E-state index contributed by atoms with van der Waals surface area (Å²) in [6, 6.07) is 3.55. The molecule has 6 heteroatoms. The summed E-state index contributed by atoms with van der Waals surface area (Å²) >= 11 is 0. The lowest BCUT2D eigenvalue weighted by Gasteiger charge is -2.34. The van der Waals surface area contributed by atoms with Gasteiger partial charge >= 0.3 is 5.97 Å². The van der Waals surface area contributed by atoms with Crippen molar-refractivity contribution < 1.29 is 23.7 Å². The highest BCUT2D eigenvalue weighted by molar-refractivity contribution is 5.72. The van der Waals surface area contributed by atoms with E-state index in [0.29, 0.717) is 19.8 Å². The maximum atomic E-state index is 12.3. The van der Waals surface area contributed by atoms with Gasteiger partial charge in [-0.1, -0.05) is 0 Å². The minimum Gasteiger partial charge on any atom is -0.490 e. The van der Waals surface area contributed by atoms with E-state index >= 15 is 0 Å². The first-order valence-electron chi connectivity index (χ1n) is 8.18. The van der Waals surface area contributed by atoms with Crippen LogP contribution in [0.1, 0.15) is 32.6 Å². The molecule has 126 valence electrons. The number of carbonyl (C=O) groups excluding carboxylic acids is 1. The Morgan fingerprint density at radius 1 is 1.30 bits per heavy atom. The quantitative estimate of drug-likeness (QED) is 0.776. The number of nitrogens with zero attached hydrogens (tertiary/aromatic N) is 1. The van der Waals surface area contributed by atoms with Gasteiger partial charge in [-0.15, -0.1) is 0 Å². The number of hydrogen-bond acceptors (Lipinski definition) is 6. The van der Waals surface area contributed by atoms with Crippen molar-refractivity contribution in [3.63, 3.8) is 0 Å². The highest BCUT2D eigenvalue weighted by Crippen LogP contribution is 2.38. The smallest absolute Gasteiger partial charge is 0.309 e. The average Bonchev–Trinajstić information content (AvgIpc) is 3.02. The summed E-state index contributed by atoms with van der Waals surface area (Å²) in [7, 11) is 0. The van der Waals surface area contributed by atoms with Gasteiger partial charge in [-0.3, -0.25) is 9.78 Å². The summed E-state index contributed by atoms with van der Waals surface area (Å²) in [6.45, 7) is 3.47. The van der Waals surface area contributed by atoms with E-state index in [1.807, 2.05) is 6.92 Å². The van der Waals surface area contributed by atoms with Crippen LogP contribution < -0.4 is 4.74 Å². The Morgan fingerprint density at radius 3 is 2.61 bits per heavy atom. The largest absolute Gasteiger partial charge is 0.490 e. The van der Waals surface area contributed by atoms with Gasteiger partial charge in [-0.05, 0) is 31.9 Å². The first-order valence-corrected chi connectivity index (χ1v) is 8.18. The van der Waals surface area contributed by atoms with Crippen LogP contribution in [0.15, 0.2) is 24.5 Å². The van der Waals surface area contributed by atoms with Crippen LogP contribution in [0.3, 0.4) is 0 Å². The first kappa shape index (κ1) is 16.2. The fourth-order valence-electron chi connectivity index (χ4n) is 3.06. The summed E-state index contributed by atoms with van der Waals surface area (Å²) in [5.41, 5.74) is 0. The van der Waals surface area contributed by atoms with Gasteiger partial charge in [0.25, 0.3) is 0 Å². The lowest BCUT2D eigenvalue weighted by molar-refractivity contribution is -0.189. The molecule has 1 aliphatic heterocycles. The predicted octanol–water partition coefficient (Wildman–Crippen LogP) is 2.33. The van der Waals surface area contributed by atoms with E-state index in [1.165, 1.54) is 0 Å². The molecule has 2 heterocycles. The highest BCUT2D eigenvalue weighted by Gasteiger charge is 2.42. The Kier molecular flexibility index (Phi) is 5.13. The van der Waals surface area contributed by atoms with E-state index in [9.17, 15) is 4.79 Å². The third-order valence-electron chi connectivity index (χ3n) is 4.35. The molecule has 0 aromatic carbocycles. The molecule has 3 rings (SSSR count). The fraction of sp³-hybridized carbons (Fsp3) is 0.647. The summed E-state index contributed by atoms with van der Waals surface area (Å²) in [6.07, 6.45) is 6.05. The van der Waals surface area contributed by atoms with Crippen molar-refractivity contribution in [3.05, 3.63) is 24.5 Å². The van der Waals surface area contributed by atoms with Gasteiger partial charge in [0.2, 0.25) is 0 Å². The van der Waals surface area contributed by atoms with Gasteiger partial charge in [-0.2, -0.15) is 0 Å². The Bertz CT molecular complexity index is 505. The summed E-state index contributed by atoms with van der Waals surface area (Å²) in [5.74, 6) is 0.0610. The van der Waals surface area contributed by atoms with Crippen LogP contribution >= 0.6 is 0 Å². The molecule has 23 heavy (non-hydrogen) atoms. The van der Waals surface area contributed by atoms with Crippen LogP contribution in [0.25, 0.3) is 0 Å². The number of carbonyl (C=O) groups is 1. The lowest BCUT2D eigenvalue weighted by atomic mass is 9.85.